The van der Waals surface area contributed by atoms with Crippen molar-refractivity contribution in [1.29, 1.82) is 0 Å². The number of carbonyl (C=O) groups excluding carboxylic acids is 1. The van der Waals surface area contributed by atoms with Crippen molar-refractivity contribution in [1.82, 2.24) is 14.6 Å². The first-order valence-electron chi connectivity index (χ1n) is 10.5. The maximum Gasteiger partial charge on any atom is 0.250 e. The number of nitrogens with zero attached hydrogens (tertiary/aromatic N) is 4. The molecule has 1 aromatic heterocycles. The Balaban J connectivity index is 1.53. The fourth-order valence-corrected chi connectivity index (χ4v) is 4.01. The molecular formula is C24H25N5O3S. The van der Waals surface area contributed by atoms with Crippen LogP contribution >= 0.6 is 11.9 Å². The van der Waals surface area contributed by atoms with E-state index < -0.39 is 5.91 Å². The van der Waals surface area contributed by atoms with Crippen LogP contribution in [-0.4, -0.2) is 51.9 Å². The first kappa shape index (κ1) is 22.8. The third-order valence-corrected chi connectivity index (χ3v) is 5.81. The van der Waals surface area contributed by atoms with E-state index in [1.54, 1.807) is 17.5 Å². The highest BCUT2D eigenvalue weighted by molar-refractivity contribution is 7.99. The average Bonchev–Trinajstić information content (AvgIpc) is 2.85. The van der Waals surface area contributed by atoms with E-state index in [4.69, 9.17) is 15.5 Å². The molecule has 1 aliphatic heterocycles. The van der Waals surface area contributed by atoms with Gasteiger partial charge >= 0.3 is 0 Å². The number of amides is 1. The van der Waals surface area contributed by atoms with Gasteiger partial charge < -0.3 is 15.4 Å². The lowest BCUT2D eigenvalue weighted by Crippen LogP contribution is -2.50. The second-order valence-corrected chi connectivity index (χ2v) is 8.21. The van der Waals surface area contributed by atoms with Crippen LogP contribution in [0.2, 0.25) is 0 Å². The van der Waals surface area contributed by atoms with Crippen LogP contribution in [0, 0.1) is 0 Å². The summed E-state index contributed by atoms with van der Waals surface area (Å²) >= 11 is 1.12. The lowest BCUT2D eigenvalue weighted by Gasteiger charge is -2.37. The second kappa shape index (κ2) is 10.5. The third kappa shape index (κ3) is 5.52. The Bertz CT molecular complexity index is 1100. The van der Waals surface area contributed by atoms with E-state index in [1.165, 1.54) is 0 Å². The minimum atomic E-state index is -0.532. The zero-order chi connectivity index (χ0) is 23.2. The summed E-state index contributed by atoms with van der Waals surface area (Å²) in [5.74, 6) is 1.65. The molecule has 2 heterocycles. The molecule has 1 saturated heterocycles. The highest BCUT2D eigenvalue weighted by Gasteiger charge is 2.23. The molecule has 2 aromatic carbocycles. The number of hydrazine groups is 1. The summed E-state index contributed by atoms with van der Waals surface area (Å²) in [5, 5.41) is 13.4. The average molecular weight is 464 g/mol. The van der Waals surface area contributed by atoms with Gasteiger partial charge in [-0.15, -0.1) is 0 Å². The maximum atomic E-state index is 12.1. The van der Waals surface area contributed by atoms with Crippen molar-refractivity contribution in [2.75, 3.05) is 31.1 Å². The highest BCUT2D eigenvalue weighted by Crippen LogP contribution is 2.29. The van der Waals surface area contributed by atoms with E-state index in [-0.39, 0.29) is 0 Å². The normalized spacial score (nSPS) is 14.3. The lowest BCUT2D eigenvalue weighted by atomic mass is 10.0. The van der Waals surface area contributed by atoms with Crippen molar-refractivity contribution in [2.45, 2.75) is 0 Å². The predicted molar refractivity (Wildman–Crippen MR) is 130 cm³/mol. The molecule has 0 saturated carbocycles. The number of benzene rings is 2. The van der Waals surface area contributed by atoms with Crippen molar-refractivity contribution < 1.29 is 14.7 Å². The third-order valence-electron chi connectivity index (χ3n) is 5.24. The summed E-state index contributed by atoms with van der Waals surface area (Å²) in [5.41, 5.74) is 7.28. The Morgan fingerprint density at radius 3 is 2.33 bits per heavy atom. The molecular weight excluding hydrogens is 438 g/mol. The number of piperazine rings is 1. The molecule has 1 aliphatic rings. The van der Waals surface area contributed by atoms with Crippen LogP contribution in [0.4, 0.5) is 5.82 Å². The molecule has 0 radical (unpaired) electrons. The number of pyridine rings is 1. The van der Waals surface area contributed by atoms with Gasteiger partial charge in [0.05, 0.1) is 11.3 Å². The zero-order valence-electron chi connectivity index (χ0n) is 18.0. The second-order valence-electron chi connectivity index (χ2n) is 7.33. The number of rotatable bonds is 8. The van der Waals surface area contributed by atoms with Gasteiger partial charge in [0.2, 0.25) is 0 Å². The van der Waals surface area contributed by atoms with E-state index in [1.807, 2.05) is 59.6 Å². The lowest BCUT2D eigenvalue weighted by molar-refractivity contribution is -0.158. The van der Waals surface area contributed by atoms with Crippen LogP contribution < -0.4 is 15.4 Å². The Hall–Kier alpha value is -3.37. The van der Waals surface area contributed by atoms with Gasteiger partial charge in [-0.1, -0.05) is 29.4 Å². The predicted octanol–water partition coefficient (Wildman–Crippen LogP) is 4.16. The molecule has 3 N–H and O–H groups in total. The molecule has 0 bridgehead atoms. The number of hydrogen-bond donors (Lipinski definition) is 2. The number of anilines is 1. The van der Waals surface area contributed by atoms with Crippen molar-refractivity contribution >= 4 is 23.7 Å². The van der Waals surface area contributed by atoms with Gasteiger partial charge in [0.15, 0.2) is 0 Å². The van der Waals surface area contributed by atoms with E-state index >= 15 is 0 Å². The number of nitrogens with two attached hydrogens (primary N) is 1. The smallest absolute Gasteiger partial charge is 0.250 e. The van der Waals surface area contributed by atoms with Crippen molar-refractivity contribution in [3.63, 3.8) is 0 Å². The fraction of sp³-hybridized carbons (Fsp3) is 0.167. The monoisotopic (exact) mass is 463 g/mol. The van der Waals surface area contributed by atoms with Crippen LogP contribution in [0.15, 0.2) is 78.7 Å². The van der Waals surface area contributed by atoms with Crippen LogP contribution in [-0.2, 0) is 0 Å². The maximum absolute atomic E-state index is 12.1. The molecule has 8 nitrogen and oxygen atoms in total. The summed E-state index contributed by atoms with van der Waals surface area (Å²) < 4.78 is 6.95. The van der Waals surface area contributed by atoms with Gasteiger partial charge in [-0.3, -0.25) is 10.0 Å². The summed E-state index contributed by atoms with van der Waals surface area (Å²) in [6, 6.07) is 20.5. The van der Waals surface area contributed by atoms with Crippen molar-refractivity contribution in [2.24, 2.45) is 5.73 Å². The van der Waals surface area contributed by atoms with Gasteiger partial charge in [0.1, 0.15) is 17.3 Å². The summed E-state index contributed by atoms with van der Waals surface area (Å²) in [7, 11) is 0. The Kier molecular flexibility index (Phi) is 7.26. The van der Waals surface area contributed by atoms with Gasteiger partial charge in [-0.2, -0.15) is 0 Å². The number of para-hydroxylation sites is 1. The largest absolute Gasteiger partial charge is 0.457 e. The van der Waals surface area contributed by atoms with Crippen molar-refractivity contribution in [3.05, 3.63) is 84.3 Å². The first-order valence-corrected chi connectivity index (χ1v) is 11.3. The van der Waals surface area contributed by atoms with E-state index in [0.717, 1.165) is 33.7 Å². The van der Waals surface area contributed by atoms with Gasteiger partial charge in [0.25, 0.3) is 5.91 Å². The van der Waals surface area contributed by atoms with Gasteiger partial charge in [-0.25, -0.2) is 9.99 Å². The van der Waals surface area contributed by atoms with Gasteiger partial charge in [0, 0.05) is 31.7 Å². The van der Waals surface area contributed by atoms with E-state index in [9.17, 15) is 10.0 Å². The number of primary amides is 1. The summed E-state index contributed by atoms with van der Waals surface area (Å²) in [6.45, 7) is 6.19. The number of ether oxygens (including phenoxy) is 1. The molecule has 33 heavy (non-hydrogen) atoms. The van der Waals surface area contributed by atoms with E-state index in [0.29, 0.717) is 43.2 Å². The molecule has 3 aromatic rings. The first-order chi connectivity index (χ1) is 16.0. The van der Waals surface area contributed by atoms with E-state index in [2.05, 4.69) is 11.5 Å². The van der Waals surface area contributed by atoms with Crippen LogP contribution in [0.1, 0.15) is 10.4 Å². The minimum Gasteiger partial charge on any atom is -0.457 e. The molecule has 0 aliphatic carbocycles. The Labute approximate surface area is 196 Å². The topological polar surface area (TPSA) is 95.2 Å². The van der Waals surface area contributed by atoms with Gasteiger partial charge in [-0.05, 0) is 65.9 Å². The van der Waals surface area contributed by atoms with Crippen LogP contribution in [0.5, 0.6) is 11.5 Å². The highest BCUT2D eigenvalue weighted by atomic mass is 32.2. The Morgan fingerprint density at radius 2 is 1.70 bits per heavy atom. The minimum absolute atomic E-state index is 0.359. The molecule has 1 fully saturated rings. The molecule has 9 heteroatoms. The quantitative estimate of drug-likeness (QED) is 0.380. The van der Waals surface area contributed by atoms with Crippen LogP contribution in [0.25, 0.3) is 11.3 Å². The number of carbonyl (C=O) groups is 1. The molecule has 170 valence electrons. The molecule has 1 amide bonds. The van der Waals surface area contributed by atoms with Crippen molar-refractivity contribution in [3.8, 4) is 22.8 Å². The summed E-state index contributed by atoms with van der Waals surface area (Å²) in [4.78, 5) is 19.0. The standard InChI is InChI=1S/C24H25N5O3S/c1-2-33-29(31)28-16-14-27(15-17-28)22-13-12-21(24(25)30)23(26-22)18-8-10-20(11-9-18)32-19-6-4-3-5-7-19/h2-13,31H,1,14-17H2,(H2,25,30). The molecule has 0 unspecified atom stereocenters. The number of aromatic nitrogens is 1. The van der Waals surface area contributed by atoms with Crippen LogP contribution in [0.3, 0.4) is 0 Å². The SMILES string of the molecule is C=CSN(O)N1CCN(c2ccc(C(N)=O)c(-c3ccc(Oc4ccccc4)cc3)n2)CC1. The fourth-order valence-electron chi connectivity index (χ4n) is 3.58. The molecule has 0 atom stereocenters. The number of hydrogen-bond acceptors (Lipinski definition) is 8. The Morgan fingerprint density at radius 1 is 1.03 bits per heavy atom. The molecule has 4 rings (SSSR count). The molecule has 0 spiro atoms. The zero-order valence-corrected chi connectivity index (χ0v) is 18.8. The summed E-state index contributed by atoms with van der Waals surface area (Å²) in [6.07, 6.45) is 0.